The van der Waals surface area contributed by atoms with Crippen molar-refractivity contribution in [2.45, 2.75) is 23.8 Å². The zero-order valence-electron chi connectivity index (χ0n) is 15.4. The molecule has 0 atom stereocenters. The number of halogens is 2. The highest BCUT2D eigenvalue weighted by molar-refractivity contribution is 7.89. The van der Waals surface area contributed by atoms with Crippen molar-refractivity contribution in [3.05, 3.63) is 46.2 Å². The molecule has 1 amide bonds. The molecule has 1 saturated carbocycles. The van der Waals surface area contributed by atoms with E-state index in [9.17, 15) is 13.2 Å². The van der Waals surface area contributed by atoms with Crippen LogP contribution in [0.25, 0.3) is 0 Å². The molecule has 1 N–H and O–H groups in total. The number of benzene rings is 1. The molecule has 0 spiro atoms. The Hall–Kier alpha value is -1.94. The second-order valence-corrected chi connectivity index (χ2v) is 9.48. The molecule has 4 rings (SSSR count). The first-order valence-corrected chi connectivity index (χ1v) is 11.4. The van der Waals surface area contributed by atoms with Crippen molar-refractivity contribution < 1.29 is 13.2 Å². The van der Waals surface area contributed by atoms with Crippen molar-refractivity contribution in [3.63, 3.8) is 0 Å². The largest absolute Gasteiger partial charge is 0.337 e. The highest BCUT2D eigenvalue weighted by Crippen LogP contribution is 2.31. The Morgan fingerprint density at radius 2 is 1.69 bits per heavy atom. The number of nitrogens with zero attached hydrogens (tertiary/aromatic N) is 4. The van der Waals surface area contributed by atoms with Gasteiger partial charge in [-0.2, -0.15) is 0 Å². The lowest BCUT2D eigenvalue weighted by molar-refractivity contribution is 0.0746. The molecule has 2 aromatic rings. The van der Waals surface area contributed by atoms with Crippen LogP contribution in [0.1, 0.15) is 23.2 Å². The minimum atomic E-state index is -3.81. The summed E-state index contributed by atoms with van der Waals surface area (Å²) in [6, 6.07) is 4.25. The third-order valence-corrected chi connectivity index (χ3v) is 7.14. The number of aromatic nitrogens is 2. The van der Waals surface area contributed by atoms with Gasteiger partial charge >= 0.3 is 0 Å². The highest BCUT2D eigenvalue weighted by atomic mass is 35.5. The maximum atomic E-state index is 13.0. The lowest BCUT2D eigenvalue weighted by atomic mass is 10.1. The number of piperazine rings is 1. The number of nitrogens with one attached hydrogen (secondary N) is 1. The van der Waals surface area contributed by atoms with E-state index in [-0.39, 0.29) is 32.5 Å². The maximum Gasteiger partial charge on any atom is 0.255 e. The topological polar surface area (TPSA) is 95.5 Å². The summed E-state index contributed by atoms with van der Waals surface area (Å²) >= 11 is 12.3. The van der Waals surface area contributed by atoms with Gasteiger partial charge in [0.25, 0.3) is 5.91 Å². The minimum Gasteiger partial charge on any atom is -0.337 e. The number of anilines is 1. The zero-order chi connectivity index (χ0) is 20.6. The minimum absolute atomic E-state index is 0.00857. The molecule has 29 heavy (non-hydrogen) atoms. The first-order chi connectivity index (χ1) is 13.8. The number of carbonyl (C=O) groups is 1. The quantitative estimate of drug-likeness (QED) is 0.741. The summed E-state index contributed by atoms with van der Waals surface area (Å²) in [6.45, 7) is 2.02. The molecular formula is C18H19Cl2N5O3S. The van der Waals surface area contributed by atoms with Gasteiger partial charge in [0, 0.05) is 44.6 Å². The van der Waals surface area contributed by atoms with Crippen LogP contribution in [0, 0.1) is 0 Å². The molecule has 2 aliphatic rings. The highest BCUT2D eigenvalue weighted by Gasteiger charge is 2.31. The normalized spacial score (nSPS) is 17.4. The smallest absolute Gasteiger partial charge is 0.255 e. The second kappa shape index (κ2) is 8.06. The molecule has 1 aliphatic heterocycles. The van der Waals surface area contributed by atoms with E-state index in [1.54, 1.807) is 23.4 Å². The van der Waals surface area contributed by atoms with Gasteiger partial charge in [0.1, 0.15) is 4.90 Å². The molecule has 8 nitrogen and oxygen atoms in total. The number of rotatable bonds is 5. The van der Waals surface area contributed by atoms with E-state index in [0.29, 0.717) is 32.1 Å². The Labute approximate surface area is 178 Å². The van der Waals surface area contributed by atoms with E-state index >= 15 is 0 Å². The Balaban J connectivity index is 1.52. The van der Waals surface area contributed by atoms with Crippen LogP contribution in [0.3, 0.4) is 0 Å². The summed E-state index contributed by atoms with van der Waals surface area (Å²) in [6.07, 6.45) is 4.94. The van der Waals surface area contributed by atoms with Crippen molar-refractivity contribution >= 4 is 45.1 Å². The van der Waals surface area contributed by atoms with Crippen LogP contribution in [-0.2, 0) is 10.0 Å². The van der Waals surface area contributed by atoms with Gasteiger partial charge in [0.15, 0.2) is 0 Å². The second-order valence-electron chi connectivity index (χ2n) is 6.99. The fraction of sp³-hybridized carbons (Fsp3) is 0.389. The average Bonchev–Trinajstić information content (AvgIpc) is 3.51. The third-order valence-electron chi connectivity index (χ3n) is 4.84. The van der Waals surface area contributed by atoms with Crippen LogP contribution in [0.5, 0.6) is 0 Å². The van der Waals surface area contributed by atoms with Gasteiger partial charge in [-0.25, -0.2) is 23.1 Å². The van der Waals surface area contributed by atoms with Crippen LogP contribution in [0.2, 0.25) is 10.0 Å². The summed E-state index contributed by atoms with van der Waals surface area (Å²) in [5, 5.41) is 0.116. The lowest BCUT2D eigenvalue weighted by Gasteiger charge is -2.34. The molecule has 1 aromatic carbocycles. The van der Waals surface area contributed by atoms with E-state index in [0.717, 1.165) is 12.8 Å². The van der Waals surface area contributed by atoms with Crippen molar-refractivity contribution in [1.82, 2.24) is 19.6 Å². The van der Waals surface area contributed by atoms with Crippen LogP contribution in [0.15, 0.2) is 35.5 Å². The predicted octanol–water partition coefficient (Wildman–Crippen LogP) is 2.19. The van der Waals surface area contributed by atoms with Gasteiger partial charge in [0.05, 0.1) is 15.6 Å². The van der Waals surface area contributed by atoms with Gasteiger partial charge in [-0.3, -0.25) is 4.79 Å². The van der Waals surface area contributed by atoms with Gasteiger partial charge in [-0.1, -0.05) is 23.2 Å². The lowest BCUT2D eigenvalue weighted by Crippen LogP contribution is -2.49. The number of sulfonamides is 1. The molecule has 1 saturated heterocycles. The van der Waals surface area contributed by atoms with Gasteiger partial charge in [-0.15, -0.1) is 0 Å². The molecule has 0 unspecified atom stereocenters. The molecule has 2 heterocycles. The number of carbonyl (C=O) groups excluding carboxylic acids is 1. The summed E-state index contributed by atoms with van der Waals surface area (Å²) < 4.78 is 27.7. The molecular weight excluding hydrogens is 437 g/mol. The summed E-state index contributed by atoms with van der Waals surface area (Å²) in [5.74, 6) is 0.284. The number of amides is 1. The van der Waals surface area contributed by atoms with E-state index in [1.165, 1.54) is 12.1 Å². The van der Waals surface area contributed by atoms with Crippen LogP contribution >= 0.6 is 23.2 Å². The SMILES string of the molecule is O=C(c1cc(S(=O)(=O)NC2CC2)c(Cl)cc1Cl)N1CCN(c2ncccn2)CC1. The Morgan fingerprint density at radius 1 is 1.03 bits per heavy atom. The van der Waals surface area contributed by atoms with Gasteiger partial charge in [0.2, 0.25) is 16.0 Å². The summed E-state index contributed by atoms with van der Waals surface area (Å²) in [4.78, 5) is 25.0. The fourth-order valence-electron chi connectivity index (χ4n) is 3.12. The Kier molecular flexibility index (Phi) is 5.65. The van der Waals surface area contributed by atoms with Crippen LogP contribution < -0.4 is 9.62 Å². The monoisotopic (exact) mass is 455 g/mol. The molecule has 1 aliphatic carbocycles. The van der Waals surface area contributed by atoms with Crippen LogP contribution in [0.4, 0.5) is 5.95 Å². The molecule has 11 heteroatoms. The van der Waals surface area contributed by atoms with Crippen LogP contribution in [-0.4, -0.2) is 61.4 Å². The van der Waals surface area contributed by atoms with Crippen molar-refractivity contribution in [2.75, 3.05) is 31.1 Å². The summed E-state index contributed by atoms with van der Waals surface area (Å²) in [7, 11) is -3.81. The van der Waals surface area contributed by atoms with E-state index in [2.05, 4.69) is 14.7 Å². The van der Waals surface area contributed by atoms with Crippen molar-refractivity contribution in [2.24, 2.45) is 0 Å². The zero-order valence-corrected chi connectivity index (χ0v) is 17.7. The average molecular weight is 456 g/mol. The Morgan fingerprint density at radius 3 is 2.31 bits per heavy atom. The molecule has 1 aromatic heterocycles. The predicted molar refractivity (Wildman–Crippen MR) is 110 cm³/mol. The van der Waals surface area contributed by atoms with Crippen molar-refractivity contribution in [3.8, 4) is 0 Å². The van der Waals surface area contributed by atoms with Crippen molar-refractivity contribution in [1.29, 1.82) is 0 Å². The van der Waals surface area contributed by atoms with Gasteiger partial charge < -0.3 is 9.80 Å². The fourth-order valence-corrected chi connectivity index (χ4v) is 5.28. The molecule has 0 radical (unpaired) electrons. The van der Waals surface area contributed by atoms with E-state index in [1.807, 2.05) is 4.90 Å². The number of hydrogen-bond donors (Lipinski definition) is 1. The standard InChI is InChI=1S/C18H19Cl2N5O3S/c19-14-11-15(20)16(29(27,28)23-12-2-3-12)10-13(14)17(26)24-6-8-25(9-7-24)18-21-4-1-5-22-18/h1,4-5,10-12,23H,2-3,6-9H2. The van der Waals surface area contributed by atoms with Gasteiger partial charge in [-0.05, 0) is 31.0 Å². The Bertz CT molecular complexity index is 1020. The molecule has 0 bridgehead atoms. The number of hydrogen-bond acceptors (Lipinski definition) is 6. The first kappa shape index (κ1) is 20.3. The summed E-state index contributed by atoms with van der Waals surface area (Å²) in [5.41, 5.74) is 0.122. The molecule has 2 fully saturated rings. The van der Waals surface area contributed by atoms with E-state index in [4.69, 9.17) is 23.2 Å². The first-order valence-electron chi connectivity index (χ1n) is 9.18. The third kappa shape index (κ3) is 4.48. The van der Waals surface area contributed by atoms with E-state index < -0.39 is 10.0 Å². The maximum absolute atomic E-state index is 13.0. The molecule has 154 valence electrons.